The number of carbonyl (C=O) groups is 2. The molecule has 0 radical (unpaired) electrons. The van der Waals surface area contributed by atoms with E-state index in [0.29, 0.717) is 18.0 Å². The number of anilines is 1. The summed E-state index contributed by atoms with van der Waals surface area (Å²) in [5.41, 5.74) is 1.45. The van der Waals surface area contributed by atoms with Gasteiger partial charge in [0.15, 0.2) is 6.61 Å². The quantitative estimate of drug-likeness (QED) is 0.490. The van der Waals surface area contributed by atoms with Crippen LogP contribution >= 0.6 is 0 Å². The monoisotopic (exact) mass is 375 g/mol. The normalized spacial score (nSPS) is 10.8. The average molecular weight is 375 g/mol. The Hall–Kier alpha value is -3.60. The van der Waals surface area contributed by atoms with E-state index < -0.39 is 11.9 Å². The van der Waals surface area contributed by atoms with Crippen molar-refractivity contribution in [3.63, 3.8) is 0 Å². The number of hydrogen-bond acceptors (Lipinski definition) is 4. The predicted octanol–water partition coefficient (Wildman–Crippen LogP) is 4.43. The van der Waals surface area contributed by atoms with Crippen molar-refractivity contribution in [2.45, 2.75) is 6.92 Å². The maximum Gasteiger partial charge on any atom is 0.331 e. The number of nitrogens with one attached hydrogen (secondary N) is 1. The second-order valence-corrected chi connectivity index (χ2v) is 5.99. The minimum Gasteiger partial charge on any atom is -0.492 e. The molecule has 1 N–H and O–H groups in total. The van der Waals surface area contributed by atoms with E-state index in [0.717, 1.165) is 16.3 Å². The van der Waals surface area contributed by atoms with Gasteiger partial charge in [-0.05, 0) is 41.5 Å². The van der Waals surface area contributed by atoms with Crippen LogP contribution in [0.5, 0.6) is 5.75 Å². The van der Waals surface area contributed by atoms with Crippen molar-refractivity contribution in [3.05, 3.63) is 78.4 Å². The molecule has 0 aliphatic rings. The Morgan fingerprint density at radius 2 is 1.71 bits per heavy atom. The lowest BCUT2D eigenvalue weighted by molar-refractivity contribution is -0.142. The van der Waals surface area contributed by atoms with Crippen LogP contribution in [0.2, 0.25) is 0 Å². The van der Waals surface area contributed by atoms with Gasteiger partial charge >= 0.3 is 5.97 Å². The second kappa shape index (κ2) is 9.37. The van der Waals surface area contributed by atoms with Crippen LogP contribution in [0.3, 0.4) is 0 Å². The Balaban J connectivity index is 1.57. The van der Waals surface area contributed by atoms with Crippen molar-refractivity contribution in [3.8, 4) is 5.75 Å². The van der Waals surface area contributed by atoms with Crippen LogP contribution in [0, 0.1) is 0 Å². The standard InChI is InChI=1S/C23H21NO4/c1-2-27-21-13-6-5-12-20(21)24-22(25)16-28-23(26)15-14-18-10-7-9-17-8-3-4-11-19(17)18/h3-15H,2,16H2,1H3,(H,24,25)/b15-14+. The summed E-state index contributed by atoms with van der Waals surface area (Å²) in [5, 5.41) is 4.81. The van der Waals surface area contributed by atoms with Crippen molar-refractivity contribution in [2.24, 2.45) is 0 Å². The lowest BCUT2D eigenvalue weighted by atomic mass is 10.0. The fourth-order valence-corrected chi connectivity index (χ4v) is 2.78. The number of amides is 1. The Morgan fingerprint density at radius 1 is 0.964 bits per heavy atom. The van der Waals surface area contributed by atoms with Crippen molar-refractivity contribution < 1.29 is 19.1 Å². The topological polar surface area (TPSA) is 64.6 Å². The van der Waals surface area contributed by atoms with Gasteiger partial charge in [0.2, 0.25) is 0 Å². The number of rotatable bonds is 7. The van der Waals surface area contributed by atoms with Crippen molar-refractivity contribution in [1.82, 2.24) is 0 Å². The third kappa shape index (κ3) is 4.98. The van der Waals surface area contributed by atoms with Gasteiger partial charge < -0.3 is 14.8 Å². The van der Waals surface area contributed by atoms with Gasteiger partial charge in [0.1, 0.15) is 5.75 Å². The van der Waals surface area contributed by atoms with E-state index in [1.807, 2.05) is 55.5 Å². The molecule has 5 nitrogen and oxygen atoms in total. The highest BCUT2D eigenvalue weighted by Gasteiger charge is 2.09. The van der Waals surface area contributed by atoms with E-state index in [-0.39, 0.29) is 6.61 Å². The van der Waals surface area contributed by atoms with Gasteiger partial charge in [-0.1, -0.05) is 54.6 Å². The van der Waals surface area contributed by atoms with Crippen LogP contribution in [-0.2, 0) is 14.3 Å². The molecule has 142 valence electrons. The molecular weight excluding hydrogens is 354 g/mol. The maximum absolute atomic E-state index is 12.1. The molecule has 3 rings (SSSR count). The molecule has 3 aromatic rings. The Bertz CT molecular complexity index is 1000. The van der Waals surface area contributed by atoms with Gasteiger partial charge in [-0.2, -0.15) is 0 Å². The Morgan fingerprint density at radius 3 is 2.57 bits per heavy atom. The molecule has 0 aliphatic carbocycles. The van der Waals surface area contributed by atoms with Gasteiger partial charge in [0.05, 0.1) is 12.3 Å². The molecule has 0 aliphatic heterocycles. The number of fused-ring (bicyclic) bond motifs is 1. The first-order valence-corrected chi connectivity index (χ1v) is 9.01. The van der Waals surface area contributed by atoms with Gasteiger partial charge in [-0.15, -0.1) is 0 Å². The Kier molecular flexibility index (Phi) is 6.41. The number of para-hydroxylation sites is 2. The molecule has 0 atom stereocenters. The largest absolute Gasteiger partial charge is 0.492 e. The fraction of sp³-hybridized carbons (Fsp3) is 0.130. The summed E-state index contributed by atoms with van der Waals surface area (Å²) in [4.78, 5) is 24.0. The van der Waals surface area contributed by atoms with Gasteiger partial charge in [-0.3, -0.25) is 4.79 Å². The third-order valence-electron chi connectivity index (χ3n) is 4.03. The fourth-order valence-electron chi connectivity index (χ4n) is 2.78. The number of benzene rings is 3. The molecule has 0 spiro atoms. The van der Waals surface area contributed by atoms with Crippen LogP contribution in [-0.4, -0.2) is 25.1 Å². The second-order valence-electron chi connectivity index (χ2n) is 5.99. The summed E-state index contributed by atoms with van der Waals surface area (Å²) < 4.78 is 10.5. The SMILES string of the molecule is CCOc1ccccc1NC(=O)COC(=O)/C=C/c1cccc2ccccc12. The first kappa shape index (κ1) is 19.2. The van der Waals surface area contributed by atoms with Gasteiger partial charge in [0, 0.05) is 6.08 Å². The number of esters is 1. The molecule has 0 saturated carbocycles. The first-order chi connectivity index (χ1) is 13.7. The van der Waals surface area contributed by atoms with Crippen LogP contribution in [0.1, 0.15) is 12.5 Å². The summed E-state index contributed by atoms with van der Waals surface area (Å²) in [6.07, 6.45) is 3.01. The van der Waals surface area contributed by atoms with E-state index in [1.54, 1.807) is 24.3 Å². The molecule has 28 heavy (non-hydrogen) atoms. The highest BCUT2D eigenvalue weighted by Crippen LogP contribution is 2.23. The summed E-state index contributed by atoms with van der Waals surface area (Å²) in [6, 6.07) is 20.9. The lowest BCUT2D eigenvalue weighted by Crippen LogP contribution is -2.20. The minimum atomic E-state index is -0.582. The number of ether oxygens (including phenoxy) is 2. The zero-order valence-corrected chi connectivity index (χ0v) is 15.6. The summed E-state index contributed by atoms with van der Waals surface area (Å²) in [5.74, 6) is -0.444. The molecular formula is C23H21NO4. The summed E-state index contributed by atoms with van der Waals surface area (Å²) in [7, 11) is 0. The van der Waals surface area contributed by atoms with Gasteiger partial charge in [0.25, 0.3) is 5.91 Å². The van der Waals surface area contributed by atoms with Crippen LogP contribution in [0.15, 0.2) is 72.8 Å². The van der Waals surface area contributed by atoms with Crippen molar-refractivity contribution in [2.75, 3.05) is 18.5 Å². The minimum absolute atomic E-state index is 0.376. The van der Waals surface area contributed by atoms with Crippen LogP contribution < -0.4 is 10.1 Å². The van der Waals surface area contributed by atoms with Crippen LogP contribution in [0.25, 0.3) is 16.8 Å². The van der Waals surface area contributed by atoms with Gasteiger partial charge in [-0.25, -0.2) is 4.79 Å². The maximum atomic E-state index is 12.1. The molecule has 5 heteroatoms. The molecule has 0 bridgehead atoms. The zero-order valence-electron chi connectivity index (χ0n) is 15.6. The zero-order chi connectivity index (χ0) is 19.8. The highest BCUT2D eigenvalue weighted by molar-refractivity contribution is 5.97. The van der Waals surface area contributed by atoms with E-state index in [9.17, 15) is 9.59 Å². The number of hydrogen-bond donors (Lipinski definition) is 1. The van der Waals surface area contributed by atoms with E-state index in [2.05, 4.69) is 5.32 Å². The molecule has 3 aromatic carbocycles. The first-order valence-electron chi connectivity index (χ1n) is 9.01. The van der Waals surface area contributed by atoms with E-state index >= 15 is 0 Å². The van der Waals surface area contributed by atoms with Crippen molar-refractivity contribution in [1.29, 1.82) is 0 Å². The summed E-state index contributed by atoms with van der Waals surface area (Å²) >= 11 is 0. The Labute approximate surface area is 163 Å². The van der Waals surface area contributed by atoms with Crippen molar-refractivity contribution >= 4 is 34.4 Å². The molecule has 1 amide bonds. The molecule has 0 saturated heterocycles. The van der Waals surface area contributed by atoms with Crippen LogP contribution in [0.4, 0.5) is 5.69 Å². The smallest absolute Gasteiger partial charge is 0.331 e. The molecule has 0 fully saturated rings. The molecule has 0 heterocycles. The molecule has 0 unspecified atom stereocenters. The van der Waals surface area contributed by atoms with E-state index in [4.69, 9.17) is 9.47 Å². The lowest BCUT2D eigenvalue weighted by Gasteiger charge is -2.11. The average Bonchev–Trinajstić information content (AvgIpc) is 2.72. The highest BCUT2D eigenvalue weighted by atomic mass is 16.5. The third-order valence-corrected chi connectivity index (χ3v) is 4.03. The van der Waals surface area contributed by atoms with E-state index in [1.165, 1.54) is 6.08 Å². The number of carbonyl (C=O) groups excluding carboxylic acids is 2. The predicted molar refractivity (Wildman–Crippen MR) is 110 cm³/mol. The molecule has 0 aromatic heterocycles. The summed E-state index contributed by atoms with van der Waals surface area (Å²) in [6.45, 7) is 1.97.